The Morgan fingerprint density at radius 3 is 0.424 bits per heavy atom. The van der Waals surface area contributed by atoms with Gasteiger partial charge in [0.2, 0.25) is 0 Å². The molecular formula is C12H20Fe2O19. The molecule has 0 aromatic heterocycles. The summed E-state index contributed by atoms with van der Waals surface area (Å²) >= 11 is 0. The van der Waals surface area contributed by atoms with Crippen LogP contribution in [0.2, 0.25) is 0 Å². The maximum Gasteiger partial charge on any atom is 0.335 e. The number of hydrogen-bond donors (Lipinski definition) is 12. The number of hydrogen-bond acceptors (Lipinski definition) is 12. The number of carboxylic acids is 6. The largest absolute Gasteiger partial charge is 0.479 e. The fourth-order valence-electron chi connectivity index (χ4n) is 0.810. The smallest absolute Gasteiger partial charge is 0.335 e. The van der Waals surface area contributed by atoms with Gasteiger partial charge in [0.25, 0.3) is 0 Å². The van der Waals surface area contributed by atoms with E-state index in [-0.39, 0.29) is 39.6 Å². The number of aliphatic hydroxyl groups is 6. The summed E-state index contributed by atoms with van der Waals surface area (Å²) in [5.74, 6) is -10.6. The molecule has 0 saturated carbocycles. The summed E-state index contributed by atoms with van der Waals surface area (Å²) in [7, 11) is 0. The minimum atomic E-state index is -2.27. The first-order valence-corrected chi connectivity index (χ1v) is 6.85. The molecule has 0 aromatic rings. The number of rotatable bonds is 9. The molecule has 0 radical (unpaired) electrons. The Morgan fingerprint density at radius 2 is 0.394 bits per heavy atom. The SMILES string of the molecule is O.O=C(O)C(O)C(O)C(=O)O.O=C(O)C(O)C(O)C(=O)O.O=C(O)C(O)C(O)C(=O)O.[Fe].[Fe]. The third kappa shape index (κ3) is 20.0. The van der Waals surface area contributed by atoms with Crippen molar-refractivity contribution in [1.29, 1.82) is 0 Å². The second kappa shape index (κ2) is 21.4. The van der Waals surface area contributed by atoms with Crippen molar-refractivity contribution >= 4 is 35.8 Å². The molecule has 6 unspecified atom stereocenters. The molecule has 14 N–H and O–H groups in total. The quantitative estimate of drug-likeness (QED) is 0.113. The van der Waals surface area contributed by atoms with Crippen LogP contribution in [0.1, 0.15) is 0 Å². The maximum absolute atomic E-state index is 9.77. The Bertz CT molecular complexity index is 499. The van der Waals surface area contributed by atoms with Crippen molar-refractivity contribution in [2.45, 2.75) is 36.6 Å². The minimum absolute atomic E-state index is 0. The fraction of sp³-hybridized carbons (Fsp3) is 0.500. The molecule has 0 aliphatic carbocycles. The van der Waals surface area contributed by atoms with Crippen molar-refractivity contribution in [3.63, 3.8) is 0 Å². The van der Waals surface area contributed by atoms with Crippen LogP contribution in [-0.4, -0.2) is 139 Å². The van der Waals surface area contributed by atoms with Crippen LogP contribution in [0.15, 0.2) is 0 Å². The van der Waals surface area contributed by atoms with Crippen LogP contribution in [0.5, 0.6) is 0 Å². The van der Waals surface area contributed by atoms with E-state index >= 15 is 0 Å². The van der Waals surface area contributed by atoms with Gasteiger partial charge in [-0.05, 0) is 0 Å². The van der Waals surface area contributed by atoms with E-state index in [4.69, 9.17) is 61.3 Å². The number of aliphatic hydroxyl groups excluding tert-OH is 6. The average Bonchev–Trinajstić information content (AvgIpc) is 2.64. The standard InChI is InChI=1S/3C4H6O6.2Fe.H2O/c3*5-1(3(7)8)2(6)4(9)10;;;/h3*1-2,5-6H,(H,7,8)(H,9,10);;;1H2. The molecule has 0 saturated heterocycles. The van der Waals surface area contributed by atoms with E-state index < -0.39 is 72.4 Å². The summed E-state index contributed by atoms with van der Waals surface area (Å²) in [6.45, 7) is 0. The predicted octanol–water partition coefficient (Wildman–Crippen LogP) is -7.20. The fourth-order valence-corrected chi connectivity index (χ4v) is 0.810. The third-order valence-corrected chi connectivity index (χ3v) is 2.42. The Kier molecular flexibility index (Phi) is 28.8. The average molecular weight is 580 g/mol. The van der Waals surface area contributed by atoms with Crippen molar-refractivity contribution in [2.75, 3.05) is 0 Å². The molecule has 198 valence electrons. The third-order valence-electron chi connectivity index (χ3n) is 2.42. The first-order valence-electron chi connectivity index (χ1n) is 6.85. The van der Waals surface area contributed by atoms with Gasteiger partial charge in [-0.15, -0.1) is 0 Å². The zero-order valence-corrected chi connectivity index (χ0v) is 17.7. The predicted molar refractivity (Wildman–Crippen MR) is 85.5 cm³/mol. The molecule has 0 heterocycles. The van der Waals surface area contributed by atoms with Gasteiger partial charge in [0.05, 0.1) is 0 Å². The molecule has 0 rings (SSSR count). The van der Waals surface area contributed by atoms with Gasteiger partial charge in [-0.2, -0.15) is 0 Å². The van der Waals surface area contributed by atoms with Gasteiger partial charge < -0.3 is 66.8 Å². The summed E-state index contributed by atoms with van der Waals surface area (Å²) in [5.41, 5.74) is 0. The molecular weight excluding hydrogens is 560 g/mol. The van der Waals surface area contributed by atoms with E-state index in [1.54, 1.807) is 0 Å². The maximum atomic E-state index is 9.77. The zero-order chi connectivity index (χ0) is 24.9. The normalized spacial score (nSPS) is 14.4. The minimum Gasteiger partial charge on any atom is -0.479 e. The zero-order valence-electron chi connectivity index (χ0n) is 15.5. The van der Waals surface area contributed by atoms with Gasteiger partial charge in [0.1, 0.15) is 0 Å². The van der Waals surface area contributed by atoms with Gasteiger partial charge in [0.15, 0.2) is 36.6 Å². The molecule has 6 atom stereocenters. The van der Waals surface area contributed by atoms with Crippen LogP contribution in [0.3, 0.4) is 0 Å². The van der Waals surface area contributed by atoms with E-state index in [2.05, 4.69) is 0 Å². The molecule has 0 bridgehead atoms. The summed E-state index contributed by atoms with van der Waals surface area (Å²) < 4.78 is 0. The topological polar surface area (TPSA) is 377 Å². The molecule has 21 heteroatoms. The monoisotopic (exact) mass is 580 g/mol. The van der Waals surface area contributed by atoms with Crippen molar-refractivity contribution in [3.05, 3.63) is 0 Å². The van der Waals surface area contributed by atoms with Crippen LogP contribution < -0.4 is 0 Å². The Balaban J connectivity index is -0.0000000792. The van der Waals surface area contributed by atoms with Gasteiger partial charge in [-0.1, -0.05) is 0 Å². The Morgan fingerprint density at radius 1 is 0.333 bits per heavy atom. The van der Waals surface area contributed by atoms with Crippen molar-refractivity contribution in [1.82, 2.24) is 0 Å². The van der Waals surface area contributed by atoms with Gasteiger partial charge in [0, 0.05) is 34.1 Å². The van der Waals surface area contributed by atoms with Gasteiger partial charge in [-0.25, -0.2) is 28.8 Å². The van der Waals surface area contributed by atoms with E-state index in [1.807, 2.05) is 0 Å². The number of carboxylic acid groups (broad SMARTS) is 6. The van der Waals surface area contributed by atoms with E-state index in [0.29, 0.717) is 0 Å². The second-order valence-corrected chi connectivity index (χ2v) is 4.70. The molecule has 0 amide bonds. The summed E-state index contributed by atoms with van der Waals surface area (Å²) in [6.07, 6.45) is -13.6. The van der Waals surface area contributed by atoms with Crippen LogP contribution in [0.25, 0.3) is 0 Å². The molecule has 0 spiro atoms. The van der Waals surface area contributed by atoms with Crippen LogP contribution >= 0.6 is 0 Å². The summed E-state index contributed by atoms with van der Waals surface area (Å²) in [5, 5.41) is 97.6. The van der Waals surface area contributed by atoms with Crippen molar-refractivity contribution < 1.29 is 130 Å². The van der Waals surface area contributed by atoms with Crippen molar-refractivity contribution in [3.8, 4) is 0 Å². The molecule has 0 fully saturated rings. The Labute approximate surface area is 202 Å². The molecule has 0 aliphatic heterocycles. The van der Waals surface area contributed by atoms with E-state index in [0.717, 1.165) is 0 Å². The molecule has 0 aliphatic rings. The van der Waals surface area contributed by atoms with Gasteiger partial charge in [-0.3, -0.25) is 0 Å². The van der Waals surface area contributed by atoms with E-state index in [1.165, 1.54) is 0 Å². The van der Waals surface area contributed by atoms with Crippen LogP contribution in [0, 0.1) is 0 Å². The molecule has 0 aromatic carbocycles. The van der Waals surface area contributed by atoms with Crippen LogP contribution in [-0.2, 0) is 62.9 Å². The van der Waals surface area contributed by atoms with Crippen molar-refractivity contribution in [2.24, 2.45) is 0 Å². The summed E-state index contributed by atoms with van der Waals surface area (Å²) in [4.78, 5) is 58.6. The first-order chi connectivity index (χ1) is 13.4. The summed E-state index contributed by atoms with van der Waals surface area (Å²) in [6, 6.07) is 0. The first kappa shape index (κ1) is 44.3. The second-order valence-electron chi connectivity index (χ2n) is 4.70. The number of aliphatic carboxylic acids is 6. The Hall–Kier alpha value is -2.42. The van der Waals surface area contributed by atoms with Crippen LogP contribution in [0.4, 0.5) is 0 Å². The van der Waals surface area contributed by atoms with E-state index in [9.17, 15) is 28.8 Å². The van der Waals surface area contributed by atoms with Gasteiger partial charge >= 0.3 is 35.8 Å². The molecule has 19 nitrogen and oxygen atoms in total. The number of carbonyl (C=O) groups is 6. The molecule has 33 heavy (non-hydrogen) atoms.